The monoisotopic (exact) mass is 283 g/mol. The van der Waals surface area contributed by atoms with E-state index in [9.17, 15) is 9.90 Å². The van der Waals surface area contributed by atoms with Gasteiger partial charge in [-0.25, -0.2) is 0 Å². The van der Waals surface area contributed by atoms with Crippen molar-refractivity contribution >= 4 is 5.91 Å². The predicted octanol–water partition coefficient (Wildman–Crippen LogP) is 0.275. The second-order valence-electron chi connectivity index (χ2n) is 6.57. The second-order valence-corrected chi connectivity index (χ2v) is 6.57. The molecule has 1 amide bonds. The first-order valence-corrected chi connectivity index (χ1v) is 7.90. The smallest absolute Gasteiger partial charge is 0.242 e. The van der Waals surface area contributed by atoms with E-state index in [0.717, 1.165) is 37.8 Å². The van der Waals surface area contributed by atoms with Gasteiger partial charge in [-0.15, -0.1) is 0 Å². The third-order valence-electron chi connectivity index (χ3n) is 5.09. The van der Waals surface area contributed by atoms with E-state index in [4.69, 9.17) is 5.73 Å². The number of carbonyl (C=O) groups is 1. The summed E-state index contributed by atoms with van der Waals surface area (Å²) in [7, 11) is 2.19. The summed E-state index contributed by atoms with van der Waals surface area (Å²) in [6.45, 7) is 5.59. The molecule has 20 heavy (non-hydrogen) atoms. The fraction of sp³-hybridized carbons (Fsp3) is 0.933. The lowest BCUT2D eigenvalue weighted by Gasteiger charge is -2.40. The van der Waals surface area contributed by atoms with E-state index in [1.165, 1.54) is 25.9 Å². The number of carbonyl (C=O) groups excluding carboxylic acids is 1. The summed E-state index contributed by atoms with van der Waals surface area (Å²) >= 11 is 0. The number of likely N-dealkylation sites (tertiary alicyclic amines) is 2. The van der Waals surface area contributed by atoms with Crippen LogP contribution in [0.2, 0.25) is 0 Å². The van der Waals surface area contributed by atoms with Crippen molar-refractivity contribution in [3.8, 4) is 0 Å². The highest BCUT2D eigenvalue weighted by Crippen LogP contribution is 2.32. The standard InChI is InChI=1S/C15H29N3O2/c1-11(19)14(16)15(20)18-9-5-13(6-10-18)12-3-7-17(2)8-4-12/h11-14,19H,3-10,16H2,1-2H3/t11-,14+/m0/s1. The average Bonchev–Trinajstić information content (AvgIpc) is 2.46. The first-order valence-electron chi connectivity index (χ1n) is 7.90. The first-order chi connectivity index (χ1) is 9.49. The largest absolute Gasteiger partial charge is 0.391 e. The number of piperidine rings is 2. The van der Waals surface area contributed by atoms with Crippen molar-refractivity contribution < 1.29 is 9.90 Å². The summed E-state index contributed by atoms with van der Waals surface area (Å²) in [5.41, 5.74) is 5.74. The van der Waals surface area contributed by atoms with Gasteiger partial charge in [-0.2, -0.15) is 0 Å². The predicted molar refractivity (Wildman–Crippen MR) is 79.2 cm³/mol. The molecule has 2 saturated heterocycles. The zero-order chi connectivity index (χ0) is 14.7. The van der Waals surface area contributed by atoms with E-state index in [0.29, 0.717) is 0 Å². The minimum atomic E-state index is -0.769. The van der Waals surface area contributed by atoms with Gasteiger partial charge < -0.3 is 20.6 Å². The minimum absolute atomic E-state index is 0.0955. The van der Waals surface area contributed by atoms with Gasteiger partial charge in [0.05, 0.1) is 6.10 Å². The molecule has 2 rings (SSSR count). The molecule has 2 aliphatic rings. The fourth-order valence-electron chi connectivity index (χ4n) is 3.51. The Morgan fingerprint density at radius 1 is 1.10 bits per heavy atom. The van der Waals surface area contributed by atoms with Crippen LogP contribution in [0.5, 0.6) is 0 Å². The van der Waals surface area contributed by atoms with Gasteiger partial charge >= 0.3 is 0 Å². The van der Waals surface area contributed by atoms with Crippen LogP contribution in [0.15, 0.2) is 0 Å². The molecule has 116 valence electrons. The van der Waals surface area contributed by atoms with Gasteiger partial charge in [0, 0.05) is 13.1 Å². The van der Waals surface area contributed by atoms with Gasteiger partial charge in [0.2, 0.25) is 5.91 Å². The Labute approximate surface area is 122 Å². The van der Waals surface area contributed by atoms with Crippen LogP contribution in [0.3, 0.4) is 0 Å². The normalized spacial score (nSPS) is 26.5. The number of nitrogens with two attached hydrogens (primary N) is 1. The molecular weight excluding hydrogens is 254 g/mol. The van der Waals surface area contributed by atoms with Crippen LogP contribution in [0.1, 0.15) is 32.6 Å². The van der Waals surface area contributed by atoms with E-state index in [-0.39, 0.29) is 5.91 Å². The van der Waals surface area contributed by atoms with Crippen molar-refractivity contribution in [1.29, 1.82) is 0 Å². The Balaban J connectivity index is 1.79. The van der Waals surface area contributed by atoms with Gasteiger partial charge in [-0.1, -0.05) is 0 Å². The number of amides is 1. The summed E-state index contributed by atoms with van der Waals surface area (Å²) in [5, 5.41) is 9.43. The summed E-state index contributed by atoms with van der Waals surface area (Å²) in [6.07, 6.45) is 4.00. The van der Waals surface area contributed by atoms with Crippen molar-refractivity contribution in [2.75, 3.05) is 33.2 Å². The zero-order valence-corrected chi connectivity index (χ0v) is 12.8. The maximum Gasteiger partial charge on any atom is 0.242 e. The van der Waals surface area contributed by atoms with E-state index in [2.05, 4.69) is 11.9 Å². The third kappa shape index (κ3) is 3.71. The quantitative estimate of drug-likeness (QED) is 0.780. The first kappa shape index (κ1) is 15.7. The van der Waals surface area contributed by atoms with E-state index in [1.54, 1.807) is 6.92 Å². The molecule has 2 heterocycles. The van der Waals surface area contributed by atoms with Gasteiger partial charge in [0.1, 0.15) is 6.04 Å². The van der Waals surface area contributed by atoms with Crippen LogP contribution in [-0.4, -0.2) is 66.2 Å². The number of nitrogens with zero attached hydrogens (tertiary/aromatic N) is 2. The molecule has 0 aliphatic carbocycles. The average molecular weight is 283 g/mol. The van der Waals surface area contributed by atoms with Crippen LogP contribution in [0.25, 0.3) is 0 Å². The van der Waals surface area contributed by atoms with Gasteiger partial charge in [-0.05, 0) is 64.6 Å². The van der Waals surface area contributed by atoms with Crippen LogP contribution in [0.4, 0.5) is 0 Å². The highest BCUT2D eigenvalue weighted by Gasteiger charge is 2.32. The summed E-state index contributed by atoms with van der Waals surface area (Å²) in [5.74, 6) is 1.49. The van der Waals surface area contributed by atoms with Crippen LogP contribution >= 0.6 is 0 Å². The highest BCUT2D eigenvalue weighted by molar-refractivity contribution is 5.82. The van der Waals surface area contributed by atoms with Crippen molar-refractivity contribution in [3.63, 3.8) is 0 Å². The Morgan fingerprint density at radius 3 is 2.00 bits per heavy atom. The van der Waals surface area contributed by atoms with Crippen molar-refractivity contribution in [1.82, 2.24) is 9.80 Å². The lowest BCUT2D eigenvalue weighted by Crippen LogP contribution is -2.52. The minimum Gasteiger partial charge on any atom is -0.391 e. The van der Waals surface area contributed by atoms with E-state index in [1.807, 2.05) is 4.90 Å². The molecule has 0 radical (unpaired) electrons. The zero-order valence-electron chi connectivity index (χ0n) is 12.8. The molecule has 0 aromatic heterocycles. The van der Waals surface area contributed by atoms with Gasteiger partial charge in [0.15, 0.2) is 0 Å². The third-order valence-corrected chi connectivity index (χ3v) is 5.09. The van der Waals surface area contributed by atoms with Crippen LogP contribution in [-0.2, 0) is 4.79 Å². The van der Waals surface area contributed by atoms with Crippen molar-refractivity contribution in [2.24, 2.45) is 17.6 Å². The molecule has 5 heteroatoms. The molecule has 2 atom stereocenters. The topological polar surface area (TPSA) is 69.8 Å². The van der Waals surface area contributed by atoms with Crippen LogP contribution < -0.4 is 5.73 Å². The summed E-state index contributed by atoms with van der Waals surface area (Å²) in [6, 6.07) is -0.769. The molecule has 0 bridgehead atoms. The van der Waals surface area contributed by atoms with Crippen LogP contribution in [0, 0.1) is 11.8 Å². The summed E-state index contributed by atoms with van der Waals surface area (Å²) < 4.78 is 0. The van der Waals surface area contributed by atoms with Crippen molar-refractivity contribution in [2.45, 2.75) is 44.8 Å². The molecule has 0 spiro atoms. The van der Waals surface area contributed by atoms with Crippen molar-refractivity contribution in [3.05, 3.63) is 0 Å². The number of rotatable bonds is 3. The molecule has 0 unspecified atom stereocenters. The molecule has 0 aromatic carbocycles. The Bertz CT molecular complexity index is 319. The number of aliphatic hydroxyl groups is 1. The lowest BCUT2D eigenvalue weighted by molar-refractivity contribution is -0.136. The maximum atomic E-state index is 12.1. The van der Waals surface area contributed by atoms with E-state index < -0.39 is 12.1 Å². The van der Waals surface area contributed by atoms with Gasteiger partial charge in [-0.3, -0.25) is 4.79 Å². The molecule has 3 N–H and O–H groups in total. The molecular formula is C15H29N3O2. The van der Waals surface area contributed by atoms with Gasteiger partial charge in [0.25, 0.3) is 0 Å². The second kappa shape index (κ2) is 6.87. The fourth-order valence-corrected chi connectivity index (χ4v) is 3.51. The number of hydrogen-bond acceptors (Lipinski definition) is 4. The molecule has 0 saturated carbocycles. The summed E-state index contributed by atoms with van der Waals surface area (Å²) in [4.78, 5) is 16.3. The molecule has 2 aliphatic heterocycles. The molecule has 5 nitrogen and oxygen atoms in total. The SMILES string of the molecule is C[C@H](O)[C@@H](N)C(=O)N1CCC(C2CCN(C)CC2)CC1. The lowest BCUT2D eigenvalue weighted by atomic mass is 9.79. The maximum absolute atomic E-state index is 12.1. The Hall–Kier alpha value is -0.650. The van der Waals surface area contributed by atoms with E-state index >= 15 is 0 Å². The number of hydrogen-bond donors (Lipinski definition) is 2. The Morgan fingerprint density at radius 2 is 1.55 bits per heavy atom. The Kier molecular flexibility index (Phi) is 5.41. The molecule has 2 fully saturated rings. The highest BCUT2D eigenvalue weighted by atomic mass is 16.3. The number of aliphatic hydroxyl groups excluding tert-OH is 1. The molecule has 0 aromatic rings.